The molecule has 0 saturated carbocycles. The van der Waals surface area contributed by atoms with Gasteiger partial charge in [0.1, 0.15) is 35.3 Å². The topological polar surface area (TPSA) is 104 Å². The summed E-state index contributed by atoms with van der Waals surface area (Å²) in [5.41, 5.74) is 2.43. The van der Waals surface area contributed by atoms with Gasteiger partial charge in [-0.1, -0.05) is 11.3 Å². The lowest BCUT2D eigenvalue weighted by Crippen LogP contribution is -2.37. The van der Waals surface area contributed by atoms with E-state index in [1.165, 1.54) is 17.7 Å². The lowest BCUT2D eigenvalue weighted by atomic mass is 10.1. The van der Waals surface area contributed by atoms with Crippen LogP contribution in [0.4, 0.5) is 10.9 Å². The molecule has 2 saturated heterocycles. The van der Waals surface area contributed by atoms with E-state index in [2.05, 4.69) is 30.4 Å². The molecule has 2 aromatic heterocycles. The first-order valence-corrected chi connectivity index (χ1v) is 12.2. The van der Waals surface area contributed by atoms with Gasteiger partial charge >= 0.3 is 0 Å². The third kappa shape index (κ3) is 5.85. The van der Waals surface area contributed by atoms with E-state index in [-0.39, 0.29) is 6.10 Å². The maximum atomic E-state index is 6.44. The second-order valence-electron chi connectivity index (χ2n) is 7.99. The van der Waals surface area contributed by atoms with E-state index in [4.69, 9.17) is 18.9 Å². The molecule has 0 unspecified atom stereocenters. The van der Waals surface area contributed by atoms with Crippen molar-refractivity contribution >= 4 is 33.2 Å². The summed E-state index contributed by atoms with van der Waals surface area (Å²) in [7, 11) is 0. The number of fused-ring (bicyclic) bond motifs is 1. The largest absolute Gasteiger partial charge is 0.493 e. The molecule has 11 heteroatoms. The fraction of sp³-hybridized carbons (Fsp3) is 0.545. The molecule has 0 spiro atoms. The van der Waals surface area contributed by atoms with Crippen molar-refractivity contribution in [2.45, 2.75) is 25.4 Å². The Morgan fingerprint density at radius 2 is 1.94 bits per heavy atom. The van der Waals surface area contributed by atoms with Crippen molar-refractivity contribution in [3.63, 3.8) is 0 Å². The van der Waals surface area contributed by atoms with Gasteiger partial charge in [-0.2, -0.15) is 0 Å². The molecule has 0 radical (unpaired) electrons. The number of hydrogen-bond donors (Lipinski definition) is 1. The van der Waals surface area contributed by atoms with Gasteiger partial charge in [0.15, 0.2) is 0 Å². The molecule has 10 nitrogen and oxygen atoms in total. The van der Waals surface area contributed by atoms with Crippen LogP contribution in [0, 0.1) is 0 Å². The smallest absolute Gasteiger partial charge is 0.211 e. The average Bonchev–Trinajstić information content (AvgIpc) is 3.36. The van der Waals surface area contributed by atoms with Gasteiger partial charge in [0.25, 0.3) is 0 Å². The summed E-state index contributed by atoms with van der Waals surface area (Å²) in [6, 6.07) is 3.88. The monoisotopic (exact) mass is 472 g/mol. The zero-order valence-corrected chi connectivity index (χ0v) is 19.3. The highest BCUT2D eigenvalue weighted by atomic mass is 32.1. The second kappa shape index (κ2) is 11.0. The molecule has 176 valence electrons. The number of nitrogens with zero attached hydrogens (tertiary/aromatic N) is 5. The third-order valence-electron chi connectivity index (χ3n) is 5.71. The van der Waals surface area contributed by atoms with Crippen LogP contribution in [0.5, 0.6) is 11.5 Å². The fourth-order valence-electron chi connectivity index (χ4n) is 4.01. The minimum Gasteiger partial charge on any atom is -0.493 e. The van der Waals surface area contributed by atoms with Crippen molar-refractivity contribution in [2.75, 3.05) is 58.0 Å². The van der Waals surface area contributed by atoms with E-state index in [1.54, 1.807) is 5.51 Å². The van der Waals surface area contributed by atoms with Gasteiger partial charge in [-0.05, 0) is 6.42 Å². The maximum Gasteiger partial charge on any atom is 0.211 e. The Balaban J connectivity index is 1.35. The van der Waals surface area contributed by atoms with Crippen LogP contribution in [-0.2, 0) is 9.47 Å². The van der Waals surface area contributed by atoms with E-state index in [9.17, 15) is 0 Å². The van der Waals surface area contributed by atoms with Gasteiger partial charge < -0.3 is 24.3 Å². The Kier molecular flexibility index (Phi) is 7.41. The van der Waals surface area contributed by atoms with Crippen LogP contribution >= 0.6 is 11.3 Å². The van der Waals surface area contributed by atoms with E-state index in [0.29, 0.717) is 36.5 Å². The first kappa shape index (κ1) is 22.2. The standard InChI is InChI=1S/C22H28N6O4S/c1(4-28-5-10-30-11-6-28)7-31-17-12-18-20(19(13-17)32-16-2-8-29-9-3-16)21(24-14-23-18)26-22-27-25-15-33-22/h12-16H,1-11H2,(H,23,24,26,27). The van der Waals surface area contributed by atoms with E-state index < -0.39 is 0 Å². The van der Waals surface area contributed by atoms with Gasteiger partial charge in [-0.15, -0.1) is 10.2 Å². The first-order valence-electron chi connectivity index (χ1n) is 11.3. The van der Waals surface area contributed by atoms with Crippen molar-refractivity contribution in [3.8, 4) is 11.5 Å². The molecular weight excluding hydrogens is 444 g/mol. The molecule has 5 rings (SSSR count). The quantitative estimate of drug-likeness (QED) is 0.468. The molecule has 1 N–H and O–H groups in total. The third-order valence-corrected chi connectivity index (χ3v) is 6.32. The highest BCUT2D eigenvalue weighted by Gasteiger charge is 2.20. The number of nitrogens with one attached hydrogen (secondary N) is 1. The van der Waals surface area contributed by atoms with E-state index in [0.717, 1.165) is 68.8 Å². The minimum absolute atomic E-state index is 0.0770. The molecule has 0 atom stereocenters. The molecule has 2 aliphatic heterocycles. The molecule has 0 amide bonds. The Hall–Kier alpha value is -2.60. The summed E-state index contributed by atoms with van der Waals surface area (Å²) in [5.74, 6) is 2.08. The minimum atomic E-state index is 0.0770. The predicted molar refractivity (Wildman–Crippen MR) is 125 cm³/mol. The number of benzene rings is 1. The van der Waals surface area contributed by atoms with Crippen molar-refractivity contribution in [1.29, 1.82) is 0 Å². The molecule has 1 aromatic carbocycles. The van der Waals surface area contributed by atoms with Gasteiger partial charge in [0.05, 0.1) is 43.9 Å². The van der Waals surface area contributed by atoms with Crippen LogP contribution in [0.25, 0.3) is 10.9 Å². The van der Waals surface area contributed by atoms with E-state index >= 15 is 0 Å². The van der Waals surface area contributed by atoms with Crippen LogP contribution in [0.15, 0.2) is 24.0 Å². The number of aromatic nitrogens is 4. The van der Waals surface area contributed by atoms with Gasteiger partial charge in [-0.25, -0.2) is 9.97 Å². The number of morpholine rings is 1. The number of hydrogen-bond acceptors (Lipinski definition) is 11. The lowest BCUT2D eigenvalue weighted by Gasteiger charge is -2.26. The van der Waals surface area contributed by atoms with Gasteiger partial charge in [0, 0.05) is 44.6 Å². The number of anilines is 2. The Labute approximate surface area is 196 Å². The molecule has 2 fully saturated rings. The average molecular weight is 473 g/mol. The predicted octanol–water partition coefficient (Wildman–Crippen LogP) is 2.88. The summed E-state index contributed by atoms with van der Waals surface area (Å²) >= 11 is 1.41. The molecule has 3 aromatic rings. The summed E-state index contributed by atoms with van der Waals surface area (Å²) < 4.78 is 23.5. The fourth-order valence-corrected chi connectivity index (χ4v) is 4.45. The Morgan fingerprint density at radius 1 is 1.09 bits per heavy atom. The van der Waals surface area contributed by atoms with Crippen molar-refractivity contribution in [2.24, 2.45) is 0 Å². The van der Waals surface area contributed by atoms with Crippen LogP contribution in [-0.4, -0.2) is 83.8 Å². The number of ether oxygens (including phenoxy) is 4. The van der Waals surface area contributed by atoms with Gasteiger partial charge in [-0.3, -0.25) is 4.90 Å². The van der Waals surface area contributed by atoms with E-state index in [1.807, 2.05) is 12.1 Å². The van der Waals surface area contributed by atoms with Gasteiger partial charge in [0.2, 0.25) is 5.13 Å². The zero-order chi connectivity index (χ0) is 22.3. The first-order chi connectivity index (χ1) is 16.3. The Bertz CT molecular complexity index is 1030. The molecular formula is C22H28N6O4S. The molecule has 4 heterocycles. The summed E-state index contributed by atoms with van der Waals surface area (Å²) in [6.45, 7) is 6.62. The molecule has 33 heavy (non-hydrogen) atoms. The maximum absolute atomic E-state index is 6.44. The highest BCUT2D eigenvalue weighted by Crippen LogP contribution is 2.37. The lowest BCUT2D eigenvalue weighted by molar-refractivity contribution is 0.0261. The molecule has 0 bridgehead atoms. The van der Waals surface area contributed by atoms with Crippen molar-refractivity contribution in [1.82, 2.24) is 25.1 Å². The van der Waals surface area contributed by atoms with Crippen LogP contribution < -0.4 is 14.8 Å². The second-order valence-corrected chi connectivity index (χ2v) is 8.83. The normalized spacial score (nSPS) is 17.8. The molecule has 0 aliphatic carbocycles. The van der Waals surface area contributed by atoms with Crippen molar-refractivity contribution in [3.05, 3.63) is 24.0 Å². The SMILES string of the molecule is c1nc(Nc2nncs2)c2c(OC3CCOCC3)cc(OCCCN3CCOCC3)cc2n1. The van der Waals surface area contributed by atoms with Crippen molar-refractivity contribution < 1.29 is 18.9 Å². The number of rotatable bonds is 9. The van der Waals surface area contributed by atoms with Crippen LogP contribution in [0.3, 0.4) is 0 Å². The summed E-state index contributed by atoms with van der Waals surface area (Å²) in [4.78, 5) is 11.4. The highest BCUT2D eigenvalue weighted by molar-refractivity contribution is 7.13. The van der Waals surface area contributed by atoms with Crippen LogP contribution in [0.1, 0.15) is 19.3 Å². The van der Waals surface area contributed by atoms with Crippen LogP contribution in [0.2, 0.25) is 0 Å². The molecule has 2 aliphatic rings. The zero-order valence-electron chi connectivity index (χ0n) is 18.4. The summed E-state index contributed by atoms with van der Waals surface area (Å²) in [6.07, 6.45) is 4.25. The summed E-state index contributed by atoms with van der Waals surface area (Å²) in [5, 5.41) is 12.7. The Morgan fingerprint density at radius 3 is 2.76 bits per heavy atom.